The first-order valence-corrected chi connectivity index (χ1v) is 8.41. The molecule has 2 aromatic rings. The number of aromatic nitrogens is 2. The molecule has 1 saturated heterocycles. The van der Waals surface area contributed by atoms with Gasteiger partial charge in [-0.2, -0.15) is 5.10 Å². The molecule has 1 unspecified atom stereocenters. The van der Waals surface area contributed by atoms with Gasteiger partial charge in [-0.3, -0.25) is 14.4 Å². The van der Waals surface area contributed by atoms with Crippen molar-refractivity contribution in [1.82, 2.24) is 14.7 Å². The Morgan fingerprint density at radius 2 is 2.21 bits per heavy atom. The fourth-order valence-electron chi connectivity index (χ4n) is 3.30. The van der Waals surface area contributed by atoms with Gasteiger partial charge in [-0.25, -0.2) is 4.39 Å². The molecule has 1 aromatic heterocycles. The van der Waals surface area contributed by atoms with Crippen LogP contribution < -0.4 is 5.32 Å². The third kappa shape index (κ3) is 4.20. The van der Waals surface area contributed by atoms with E-state index in [0.29, 0.717) is 5.82 Å². The van der Waals surface area contributed by atoms with Gasteiger partial charge >= 0.3 is 0 Å². The Bertz CT molecular complexity index is 700. The summed E-state index contributed by atoms with van der Waals surface area (Å²) in [7, 11) is 1.81. The van der Waals surface area contributed by atoms with Gasteiger partial charge < -0.3 is 5.32 Å². The summed E-state index contributed by atoms with van der Waals surface area (Å²) in [5.74, 6) is 0.242. The van der Waals surface area contributed by atoms with Gasteiger partial charge in [0.15, 0.2) is 5.82 Å². The van der Waals surface area contributed by atoms with Crippen molar-refractivity contribution in [3.63, 3.8) is 0 Å². The first-order valence-electron chi connectivity index (χ1n) is 8.41. The van der Waals surface area contributed by atoms with Gasteiger partial charge in [-0.05, 0) is 37.1 Å². The van der Waals surface area contributed by atoms with E-state index in [1.54, 1.807) is 29.1 Å². The van der Waals surface area contributed by atoms with Gasteiger partial charge in [0.05, 0.1) is 6.54 Å². The minimum atomic E-state index is -0.227. The normalized spacial score (nSPS) is 19.0. The zero-order valence-electron chi connectivity index (χ0n) is 13.9. The van der Waals surface area contributed by atoms with Crippen molar-refractivity contribution in [3.05, 3.63) is 47.9 Å². The average molecular weight is 330 g/mol. The molecule has 1 aliphatic heterocycles. The summed E-state index contributed by atoms with van der Waals surface area (Å²) >= 11 is 0. The summed E-state index contributed by atoms with van der Waals surface area (Å²) in [6.07, 6.45) is 6.03. The number of likely N-dealkylation sites (tertiary alicyclic amines) is 1. The van der Waals surface area contributed by atoms with E-state index in [2.05, 4.69) is 15.3 Å². The molecule has 0 saturated carbocycles. The number of amides is 1. The molecule has 1 N–H and O–H groups in total. The molecule has 1 aliphatic rings. The molecule has 2 heterocycles. The number of nitrogens with zero attached hydrogens (tertiary/aromatic N) is 3. The van der Waals surface area contributed by atoms with Gasteiger partial charge in [0.25, 0.3) is 0 Å². The zero-order valence-corrected chi connectivity index (χ0v) is 13.9. The zero-order chi connectivity index (χ0) is 16.9. The van der Waals surface area contributed by atoms with Crippen LogP contribution in [-0.2, 0) is 11.8 Å². The van der Waals surface area contributed by atoms with Crippen molar-refractivity contribution in [2.75, 3.05) is 18.4 Å². The average Bonchev–Trinajstić information content (AvgIpc) is 2.81. The minimum Gasteiger partial charge on any atom is -0.308 e. The molecule has 1 fully saturated rings. The molecule has 3 rings (SSSR count). The van der Waals surface area contributed by atoms with Crippen LogP contribution in [0.1, 0.15) is 37.3 Å². The van der Waals surface area contributed by atoms with E-state index >= 15 is 0 Å². The van der Waals surface area contributed by atoms with Crippen LogP contribution in [0, 0.1) is 5.82 Å². The Balaban J connectivity index is 1.71. The van der Waals surface area contributed by atoms with E-state index in [0.717, 1.165) is 37.8 Å². The highest BCUT2D eigenvalue weighted by Gasteiger charge is 2.25. The number of hydrogen-bond donors (Lipinski definition) is 1. The van der Waals surface area contributed by atoms with Crippen LogP contribution in [0.25, 0.3) is 0 Å². The Labute approximate surface area is 141 Å². The third-order valence-electron chi connectivity index (χ3n) is 4.42. The van der Waals surface area contributed by atoms with Gasteiger partial charge in [-0.1, -0.05) is 25.0 Å². The number of carbonyl (C=O) groups is 1. The molecule has 5 nitrogen and oxygen atoms in total. The second-order valence-electron chi connectivity index (χ2n) is 6.31. The number of anilines is 1. The topological polar surface area (TPSA) is 50.2 Å². The molecule has 0 spiro atoms. The minimum absolute atomic E-state index is 0.0812. The molecular weight excluding hydrogens is 307 g/mol. The number of carbonyl (C=O) groups excluding carboxylic acids is 1. The van der Waals surface area contributed by atoms with Crippen molar-refractivity contribution >= 4 is 11.7 Å². The summed E-state index contributed by atoms with van der Waals surface area (Å²) in [4.78, 5) is 14.5. The third-order valence-corrected chi connectivity index (χ3v) is 4.42. The van der Waals surface area contributed by atoms with Crippen molar-refractivity contribution in [2.24, 2.45) is 7.05 Å². The maximum absolute atomic E-state index is 13.6. The van der Waals surface area contributed by atoms with Gasteiger partial charge in [0.2, 0.25) is 5.91 Å². The number of rotatable bonds is 4. The molecule has 0 aliphatic carbocycles. The molecule has 0 bridgehead atoms. The largest absolute Gasteiger partial charge is 0.308 e. The molecule has 1 amide bonds. The van der Waals surface area contributed by atoms with E-state index in [1.807, 2.05) is 13.1 Å². The second kappa shape index (κ2) is 7.57. The maximum Gasteiger partial charge on any atom is 0.239 e. The summed E-state index contributed by atoms with van der Waals surface area (Å²) < 4.78 is 15.2. The van der Waals surface area contributed by atoms with Crippen LogP contribution >= 0.6 is 0 Å². The lowest BCUT2D eigenvalue weighted by atomic mass is 10.0. The van der Waals surface area contributed by atoms with E-state index in [9.17, 15) is 9.18 Å². The number of aryl methyl sites for hydroxylation is 1. The summed E-state index contributed by atoms with van der Waals surface area (Å²) in [6, 6.07) is 8.57. The number of nitrogens with one attached hydrogen (secondary N) is 1. The van der Waals surface area contributed by atoms with Crippen LogP contribution in [0.5, 0.6) is 0 Å². The lowest BCUT2D eigenvalue weighted by molar-refractivity contribution is -0.117. The molecular formula is C18H23FN4O. The van der Waals surface area contributed by atoms with Crippen molar-refractivity contribution in [2.45, 2.75) is 31.7 Å². The van der Waals surface area contributed by atoms with Crippen molar-refractivity contribution in [1.29, 1.82) is 0 Å². The van der Waals surface area contributed by atoms with Crippen LogP contribution in [0.2, 0.25) is 0 Å². The standard InChI is InChI=1S/C18H23FN4O/c1-22-11-9-17(21-22)20-18(24)13-23-10-4-2-3-8-16(23)14-6-5-7-15(19)12-14/h5-7,9,11-12,16H,2-4,8,10,13H2,1H3,(H,20,21,24). The van der Waals surface area contributed by atoms with E-state index < -0.39 is 0 Å². The van der Waals surface area contributed by atoms with Crippen LogP contribution in [-0.4, -0.2) is 33.7 Å². The molecule has 1 aromatic carbocycles. The lowest BCUT2D eigenvalue weighted by Crippen LogP contribution is -2.36. The van der Waals surface area contributed by atoms with Crippen molar-refractivity contribution in [3.8, 4) is 0 Å². The van der Waals surface area contributed by atoms with Crippen LogP contribution in [0.4, 0.5) is 10.2 Å². The SMILES string of the molecule is Cn1ccc(NC(=O)CN2CCCCCC2c2cccc(F)c2)n1. The Morgan fingerprint density at radius 1 is 1.33 bits per heavy atom. The first kappa shape index (κ1) is 16.6. The van der Waals surface area contributed by atoms with E-state index in [1.165, 1.54) is 6.07 Å². The summed E-state index contributed by atoms with van der Waals surface area (Å²) in [6.45, 7) is 1.13. The second-order valence-corrected chi connectivity index (χ2v) is 6.31. The summed E-state index contributed by atoms with van der Waals surface area (Å²) in [5.41, 5.74) is 0.947. The van der Waals surface area contributed by atoms with E-state index in [4.69, 9.17) is 0 Å². The van der Waals surface area contributed by atoms with Crippen LogP contribution in [0.15, 0.2) is 36.5 Å². The predicted molar refractivity (Wildman–Crippen MR) is 91.0 cm³/mol. The molecule has 128 valence electrons. The summed E-state index contributed by atoms with van der Waals surface area (Å²) in [5, 5.41) is 6.99. The predicted octanol–water partition coefficient (Wildman–Crippen LogP) is 3.12. The highest BCUT2D eigenvalue weighted by atomic mass is 19.1. The van der Waals surface area contributed by atoms with Gasteiger partial charge in [0.1, 0.15) is 5.82 Å². The highest BCUT2D eigenvalue weighted by Crippen LogP contribution is 2.30. The Morgan fingerprint density at radius 3 is 2.96 bits per heavy atom. The van der Waals surface area contributed by atoms with Gasteiger partial charge in [-0.15, -0.1) is 0 Å². The van der Waals surface area contributed by atoms with Gasteiger partial charge in [0, 0.05) is 25.4 Å². The monoisotopic (exact) mass is 330 g/mol. The molecule has 1 atom stereocenters. The Hall–Kier alpha value is -2.21. The maximum atomic E-state index is 13.6. The highest BCUT2D eigenvalue weighted by molar-refractivity contribution is 5.91. The molecule has 0 radical (unpaired) electrons. The number of benzene rings is 1. The lowest BCUT2D eigenvalue weighted by Gasteiger charge is -2.29. The van der Waals surface area contributed by atoms with E-state index in [-0.39, 0.29) is 24.3 Å². The smallest absolute Gasteiger partial charge is 0.239 e. The van der Waals surface area contributed by atoms with Crippen LogP contribution in [0.3, 0.4) is 0 Å². The number of halogens is 1. The van der Waals surface area contributed by atoms with Crippen molar-refractivity contribution < 1.29 is 9.18 Å². The molecule has 24 heavy (non-hydrogen) atoms. The molecule has 6 heteroatoms. The Kier molecular flexibility index (Phi) is 5.25. The fourth-order valence-corrected chi connectivity index (χ4v) is 3.30. The quantitative estimate of drug-likeness (QED) is 0.937. The fraction of sp³-hybridized carbons (Fsp3) is 0.444. The first-order chi connectivity index (χ1) is 11.6. The number of hydrogen-bond acceptors (Lipinski definition) is 3.